The maximum atomic E-state index is 12.0. The van der Waals surface area contributed by atoms with Crippen molar-refractivity contribution < 1.29 is 8.42 Å². The van der Waals surface area contributed by atoms with Gasteiger partial charge in [-0.3, -0.25) is 4.98 Å². The fourth-order valence-electron chi connectivity index (χ4n) is 3.38. The van der Waals surface area contributed by atoms with Crippen molar-refractivity contribution in [3.63, 3.8) is 0 Å². The molecule has 1 aromatic carbocycles. The monoisotopic (exact) mass is 392 g/mol. The summed E-state index contributed by atoms with van der Waals surface area (Å²) in [6.07, 6.45) is 3.57. The first kappa shape index (κ1) is 18.9. The summed E-state index contributed by atoms with van der Waals surface area (Å²) in [7, 11) is -3.21. The van der Waals surface area contributed by atoms with Crippen molar-refractivity contribution in [1.82, 2.24) is 9.71 Å². The normalized spacial score (nSPS) is 16.0. The zero-order chi connectivity index (χ0) is 18.7. The number of hydrogen-bond acceptors (Lipinski definition) is 5. The summed E-state index contributed by atoms with van der Waals surface area (Å²) in [6.45, 7) is 3.18. The van der Waals surface area contributed by atoms with Crippen molar-refractivity contribution in [1.29, 1.82) is 5.26 Å². The van der Waals surface area contributed by atoms with Gasteiger partial charge in [-0.15, -0.1) is 0 Å². The fraction of sp³-hybridized carbons (Fsp3) is 0.444. The molecule has 0 radical (unpaired) electrons. The van der Waals surface area contributed by atoms with E-state index in [1.54, 1.807) is 12.3 Å². The molecule has 0 atom stereocenters. The van der Waals surface area contributed by atoms with Gasteiger partial charge in [0.15, 0.2) is 0 Å². The Labute approximate surface area is 158 Å². The van der Waals surface area contributed by atoms with Gasteiger partial charge < -0.3 is 4.90 Å². The molecule has 8 heteroatoms. The third-order valence-electron chi connectivity index (χ3n) is 4.55. The van der Waals surface area contributed by atoms with Gasteiger partial charge in [0, 0.05) is 35.7 Å². The molecular formula is C18H21ClN4O2S. The molecule has 0 saturated carbocycles. The van der Waals surface area contributed by atoms with E-state index >= 15 is 0 Å². The van der Waals surface area contributed by atoms with Gasteiger partial charge in [-0.1, -0.05) is 18.5 Å². The number of piperidine rings is 1. The Hall–Kier alpha value is -1.88. The second kappa shape index (κ2) is 7.78. The number of sulfonamides is 1. The average Bonchev–Trinajstić information content (AvgIpc) is 2.61. The van der Waals surface area contributed by atoms with Gasteiger partial charge in [-0.25, -0.2) is 13.1 Å². The zero-order valence-corrected chi connectivity index (χ0v) is 16.1. The van der Waals surface area contributed by atoms with Crippen molar-refractivity contribution in [2.24, 2.45) is 0 Å². The van der Waals surface area contributed by atoms with Crippen LogP contribution in [0.4, 0.5) is 5.69 Å². The van der Waals surface area contributed by atoms with Crippen molar-refractivity contribution in [3.8, 4) is 6.07 Å². The SMILES string of the molecule is CCCS(=O)(=O)NC1CCN(c2c(C#N)cnc3ccc(Cl)cc23)CC1. The summed E-state index contributed by atoms with van der Waals surface area (Å²) in [5, 5.41) is 10.9. The van der Waals surface area contributed by atoms with E-state index in [1.165, 1.54) is 0 Å². The van der Waals surface area contributed by atoms with Crippen molar-refractivity contribution >= 4 is 38.2 Å². The number of aromatic nitrogens is 1. The number of nitriles is 1. The topological polar surface area (TPSA) is 86.1 Å². The van der Waals surface area contributed by atoms with Gasteiger partial charge in [0.1, 0.15) is 6.07 Å². The Morgan fingerprint density at radius 3 is 2.77 bits per heavy atom. The van der Waals surface area contributed by atoms with Crippen LogP contribution in [0.25, 0.3) is 10.9 Å². The number of pyridine rings is 1. The van der Waals surface area contributed by atoms with Gasteiger partial charge in [-0.2, -0.15) is 5.26 Å². The number of fused-ring (bicyclic) bond motifs is 1. The smallest absolute Gasteiger partial charge is 0.211 e. The molecule has 1 saturated heterocycles. The van der Waals surface area contributed by atoms with E-state index in [0.717, 1.165) is 16.6 Å². The van der Waals surface area contributed by atoms with E-state index in [2.05, 4.69) is 20.7 Å². The summed E-state index contributed by atoms with van der Waals surface area (Å²) in [5.74, 6) is 0.152. The largest absolute Gasteiger partial charge is 0.370 e. The highest BCUT2D eigenvalue weighted by atomic mass is 35.5. The van der Waals surface area contributed by atoms with Gasteiger partial charge in [0.2, 0.25) is 10.0 Å². The van der Waals surface area contributed by atoms with E-state index in [4.69, 9.17) is 11.6 Å². The van der Waals surface area contributed by atoms with Crippen LogP contribution in [0.5, 0.6) is 0 Å². The molecule has 6 nitrogen and oxygen atoms in total. The van der Waals surface area contributed by atoms with Crippen LogP contribution in [-0.2, 0) is 10.0 Å². The first-order valence-electron chi connectivity index (χ1n) is 8.67. The van der Waals surface area contributed by atoms with Gasteiger partial charge in [0.05, 0.1) is 22.5 Å². The molecular weight excluding hydrogens is 372 g/mol. The van der Waals surface area contributed by atoms with E-state index in [-0.39, 0.29) is 11.8 Å². The molecule has 0 bridgehead atoms. The van der Waals surface area contributed by atoms with Crippen LogP contribution < -0.4 is 9.62 Å². The van der Waals surface area contributed by atoms with Crippen molar-refractivity contribution in [2.75, 3.05) is 23.7 Å². The number of anilines is 1. The number of hydrogen-bond donors (Lipinski definition) is 1. The number of nitrogens with zero attached hydrogens (tertiary/aromatic N) is 3. The summed E-state index contributed by atoms with van der Waals surface area (Å²) in [5.41, 5.74) is 2.12. The molecule has 1 aromatic heterocycles. The Morgan fingerprint density at radius 1 is 1.38 bits per heavy atom. The quantitative estimate of drug-likeness (QED) is 0.845. The average molecular weight is 393 g/mol. The van der Waals surface area contributed by atoms with Crippen LogP contribution in [0, 0.1) is 11.3 Å². The molecule has 1 aliphatic rings. The van der Waals surface area contributed by atoms with Crippen LogP contribution >= 0.6 is 11.6 Å². The maximum absolute atomic E-state index is 12.0. The molecule has 26 heavy (non-hydrogen) atoms. The first-order valence-corrected chi connectivity index (χ1v) is 10.7. The molecule has 138 valence electrons. The van der Waals surface area contributed by atoms with E-state index in [9.17, 15) is 13.7 Å². The third kappa shape index (κ3) is 4.09. The lowest BCUT2D eigenvalue weighted by Crippen LogP contribution is -2.45. The minimum absolute atomic E-state index is 0.0648. The molecule has 0 aliphatic carbocycles. The molecule has 3 rings (SSSR count). The summed E-state index contributed by atoms with van der Waals surface area (Å²) in [4.78, 5) is 6.46. The highest BCUT2D eigenvalue weighted by molar-refractivity contribution is 7.89. The third-order valence-corrected chi connectivity index (χ3v) is 6.43. The minimum atomic E-state index is -3.21. The van der Waals surface area contributed by atoms with E-state index in [1.807, 2.05) is 19.1 Å². The number of benzene rings is 1. The highest BCUT2D eigenvalue weighted by Gasteiger charge is 2.25. The lowest BCUT2D eigenvalue weighted by atomic mass is 10.0. The molecule has 2 heterocycles. The van der Waals surface area contributed by atoms with Crippen LogP contribution in [0.1, 0.15) is 31.7 Å². The maximum Gasteiger partial charge on any atom is 0.211 e. The first-order chi connectivity index (χ1) is 12.4. The Balaban J connectivity index is 1.83. The van der Waals surface area contributed by atoms with Crippen LogP contribution in [0.3, 0.4) is 0 Å². The van der Waals surface area contributed by atoms with Gasteiger partial charge in [-0.05, 0) is 37.5 Å². The van der Waals surface area contributed by atoms with Crippen LogP contribution in [-0.4, -0.2) is 38.3 Å². The molecule has 1 aliphatic heterocycles. The molecule has 1 fully saturated rings. The fourth-order valence-corrected chi connectivity index (χ4v) is 4.95. The summed E-state index contributed by atoms with van der Waals surface area (Å²) >= 11 is 6.14. The van der Waals surface area contributed by atoms with E-state index in [0.29, 0.717) is 42.9 Å². The van der Waals surface area contributed by atoms with Gasteiger partial charge >= 0.3 is 0 Å². The van der Waals surface area contributed by atoms with Crippen LogP contribution in [0.2, 0.25) is 5.02 Å². The highest BCUT2D eigenvalue weighted by Crippen LogP contribution is 2.33. The van der Waals surface area contributed by atoms with Crippen molar-refractivity contribution in [3.05, 3.63) is 35.0 Å². The zero-order valence-electron chi connectivity index (χ0n) is 14.6. The molecule has 0 unspecified atom stereocenters. The molecule has 0 amide bonds. The molecule has 2 aromatic rings. The number of rotatable bonds is 5. The Kier molecular flexibility index (Phi) is 5.66. The Morgan fingerprint density at radius 2 is 2.12 bits per heavy atom. The lowest BCUT2D eigenvalue weighted by Gasteiger charge is -2.34. The molecule has 1 N–H and O–H groups in total. The number of halogens is 1. The number of nitrogens with one attached hydrogen (secondary N) is 1. The predicted octanol–water partition coefficient (Wildman–Crippen LogP) is 3.06. The second-order valence-electron chi connectivity index (χ2n) is 6.49. The summed E-state index contributed by atoms with van der Waals surface area (Å²) in [6, 6.07) is 7.60. The van der Waals surface area contributed by atoms with Crippen molar-refractivity contribution in [2.45, 2.75) is 32.2 Å². The Bertz CT molecular complexity index is 948. The van der Waals surface area contributed by atoms with E-state index < -0.39 is 10.0 Å². The summed E-state index contributed by atoms with van der Waals surface area (Å²) < 4.78 is 26.7. The van der Waals surface area contributed by atoms with Gasteiger partial charge in [0.25, 0.3) is 0 Å². The van der Waals surface area contributed by atoms with Crippen LogP contribution in [0.15, 0.2) is 24.4 Å². The predicted molar refractivity (Wildman–Crippen MR) is 104 cm³/mol. The lowest BCUT2D eigenvalue weighted by molar-refractivity contribution is 0.460. The standard InChI is InChI=1S/C18H21ClN4O2S/c1-2-9-26(24,25)22-15-5-7-23(8-6-15)18-13(11-20)12-21-17-4-3-14(19)10-16(17)18/h3-4,10,12,15,22H,2,5-9H2,1H3. The second-order valence-corrected chi connectivity index (χ2v) is 8.80. The minimum Gasteiger partial charge on any atom is -0.370 e. The molecule has 0 spiro atoms.